The molecule has 0 aromatic rings. The maximum Gasteiger partial charge on any atom is 0.344 e. The molecule has 0 rings (SSSR count). The lowest BCUT2D eigenvalue weighted by molar-refractivity contribution is -0.368. The van der Waals surface area contributed by atoms with Crippen molar-refractivity contribution < 1.29 is 9.95 Å². The Balaban J connectivity index is 3.00. The van der Waals surface area contributed by atoms with Crippen LogP contribution in [0.5, 0.6) is 0 Å². The summed E-state index contributed by atoms with van der Waals surface area (Å²) in [6.45, 7) is 2.53. The zero-order valence-corrected chi connectivity index (χ0v) is 7.10. The number of quaternary nitrogens is 1. The lowest BCUT2D eigenvalue weighted by atomic mass is 10.1. The van der Waals surface area contributed by atoms with Gasteiger partial charge in [-0.1, -0.05) is 39.0 Å². The van der Waals surface area contributed by atoms with Crippen molar-refractivity contribution >= 4 is 0 Å². The zero-order chi connectivity index (χ0) is 10.2. The minimum absolute atomic E-state index is 0.327. The van der Waals surface area contributed by atoms with Gasteiger partial charge in [0.1, 0.15) is 0 Å². The molecule has 10 heavy (non-hydrogen) atoms. The van der Waals surface area contributed by atoms with Gasteiger partial charge < -0.3 is 5.71 Å². The summed E-state index contributed by atoms with van der Waals surface area (Å²) in [4.78, 5) is 0. The molecular formula is C9H22N+. The van der Waals surface area contributed by atoms with Gasteiger partial charge in [0.2, 0.25) is 0 Å². The van der Waals surface area contributed by atoms with Crippen LogP contribution in [0.25, 0.3) is 0 Å². The lowest BCUT2D eigenvalue weighted by Crippen LogP contribution is -2.50. The molecule has 3 N–H and O–H groups in total. The van der Waals surface area contributed by atoms with Crippen LogP contribution in [-0.2, 0) is 0 Å². The van der Waals surface area contributed by atoms with E-state index < -0.39 is 5.71 Å². The normalized spacial score (nSPS) is 15.9. The fraction of sp³-hybridized carbons (Fsp3) is 1.00. The first-order valence-corrected chi connectivity index (χ1v) is 4.52. The standard InChI is InChI=1S/C9H21N/c1-2-3-4-5-6-7-8-9-10/h2-10H2,1H3/p+1/i/hD3. The molecule has 0 aromatic carbocycles. The van der Waals surface area contributed by atoms with E-state index in [1.54, 1.807) is 0 Å². The third kappa shape index (κ3) is 7.96. The van der Waals surface area contributed by atoms with Crippen LogP contribution in [0.4, 0.5) is 0 Å². The molecule has 1 heteroatoms. The van der Waals surface area contributed by atoms with Crippen LogP contribution in [-0.4, -0.2) is 6.54 Å². The Hall–Kier alpha value is -0.0400. The first-order chi connectivity index (χ1) is 6.06. The molecule has 62 valence electrons. The third-order valence-corrected chi connectivity index (χ3v) is 1.76. The van der Waals surface area contributed by atoms with Crippen LogP contribution in [0.15, 0.2) is 0 Å². The highest BCUT2D eigenvalue weighted by Crippen LogP contribution is 2.05. The third-order valence-electron chi connectivity index (χ3n) is 1.76. The smallest absolute Gasteiger partial charge is 0.344 e. The minimum Gasteiger partial charge on any atom is -0.358 e. The van der Waals surface area contributed by atoms with Gasteiger partial charge in [-0.3, -0.25) is 0 Å². The van der Waals surface area contributed by atoms with Gasteiger partial charge in [0.15, 0.2) is 0 Å². The van der Waals surface area contributed by atoms with Crippen LogP contribution in [0.3, 0.4) is 0 Å². The maximum atomic E-state index is 6.95. The Morgan fingerprint density at radius 3 is 2.20 bits per heavy atom. The van der Waals surface area contributed by atoms with Gasteiger partial charge in [-0.25, -0.2) is 0 Å². The van der Waals surface area contributed by atoms with Crippen molar-refractivity contribution in [3.63, 3.8) is 0 Å². The molecule has 0 aliphatic heterocycles. The largest absolute Gasteiger partial charge is 0.358 e. The van der Waals surface area contributed by atoms with Gasteiger partial charge in [-0.2, -0.15) is 0 Å². The molecular weight excluding hydrogens is 122 g/mol. The Labute approximate surface area is 69.4 Å². The Morgan fingerprint density at radius 1 is 1.00 bits per heavy atom. The van der Waals surface area contributed by atoms with Crippen LogP contribution >= 0.6 is 0 Å². The first-order valence-electron chi connectivity index (χ1n) is 5.86. The molecule has 0 atom stereocenters. The summed E-state index contributed by atoms with van der Waals surface area (Å²) in [5.41, 5.74) is -1.13. The minimum atomic E-state index is -1.13. The van der Waals surface area contributed by atoms with Gasteiger partial charge >= 0.3 is 4.24 Å². The summed E-state index contributed by atoms with van der Waals surface area (Å²) in [6, 6.07) is 0. The van der Waals surface area contributed by atoms with Gasteiger partial charge in [0, 0.05) is 0 Å². The second-order valence-corrected chi connectivity index (χ2v) is 2.84. The SMILES string of the molecule is [2H][N+]([2H])([2H])CCCCCCCCC. The number of rotatable bonds is 8. The molecule has 0 saturated carbocycles. The molecule has 0 fully saturated rings. The van der Waals surface area contributed by atoms with Gasteiger partial charge in [0.25, 0.3) is 0 Å². The zero-order valence-electron chi connectivity index (χ0n) is 10.1. The summed E-state index contributed by atoms with van der Waals surface area (Å²) in [6.07, 6.45) is 8.26. The van der Waals surface area contributed by atoms with Crippen LogP contribution < -0.4 is 5.71 Å². The summed E-state index contributed by atoms with van der Waals surface area (Å²) >= 11 is 0. The van der Waals surface area contributed by atoms with E-state index in [0.29, 0.717) is 6.54 Å². The number of unbranched alkanes of at least 4 members (excludes halogenated alkanes) is 6. The Kier molecular flexibility index (Phi) is 5.01. The summed E-state index contributed by atoms with van der Waals surface area (Å²) < 4.78 is 20.8. The lowest BCUT2D eigenvalue weighted by Gasteiger charge is -1.96. The fourth-order valence-corrected chi connectivity index (χ4v) is 1.07. The Bertz CT molecular complexity index is 112. The van der Waals surface area contributed by atoms with Crippen molar-refractivity contribution in [3.05, 3.63) is 0 Å². The van der Waals surface area contributed by atoms with E-state index in [9.17, 15) is 0 Å². The van der Waals surface area contributed by atoms with E-state index in [-0.39, 0.29) is 0 Å². The molecule has 0 heterocycles. The molecule has 0 aliphatic carbocycles. The van der Waals surface area contributed by atoms with Crippen molar-refractivity contribution in [2.45, 2.75) is 51.9 Å². The van der Waals surface area contributed by atoms with Crippen molar-refractivity contribution in [2.24, 2.45) is 0 Å². The summed E-state index contributed by atoms with van der Waals surface area (Å²) in [5, 5.41) is 0. The molecule has 0 spiro atoms. The van der Waals surface area contributed by atoms with E-state index in [1.165, 1.54) is 32.1 Å². The van der Waals surface area contributed by atoms with Gasteiger partial charge in [-0.15, -0.1) is 0 Å². The van der Waals surface area contributed by atoms with E-state index in [1.807, 2.05) is 0 Å². The predicted octanol–water partition coefficient (Wildman–Crippen LogP) is 1.98. The van der Waals surface area contributed by atoms with Crippen molar-refractivity contribution in [1.82, 2.24) is 0 Å². The monoisotopic (exact) mass is 147 g/mol. The average Bonchev–Trinajstić information content (AvgIpc) is 2.01. The topological polar surface area (TPSA) is 27.6 Å². The summed E-state index contributed by atoms with van der Waals surface area (Å²) in [7, 11) is 0. The highest BCUT2D eigenvalue weighted by atomic mass is 14.5. The highest BCUT2D eigenvalue weighted by molar-refractivity contribution is 4.43. The quantitative estimate of drug-likeness (QED) is 0.508. The summed E-state index contributed by atoms with van der Waals surface area (Å²) in [5.74, 6) is 0. The second kappa shape index (κ2) is 8.96. The van der Waals surface area contributed by atoms with E-state index in [2.05, 4.69) is 6.92 Å². The van der Waals surface area contributed by atoms with E-state index in [0.717, 1.165) is 12.8 Å². The Morgan fingerprint density at radius 2 is 1.60 bits per heavy atom. The number of hydrogen-bond donors (Lipinski definition) is 1. The average molecular weight is 147 g/mol. The van der Waals surface area contributed by atoms with Crippen molar-refractivity contribution in [1.29, 1.82) is 0 Å². The molecule has 0 aliphatic rings. The maximum absolute atomic E-state index is 6.95. The van der Waals surface area contributed by atoms with E-state index >= 15 is 0 Å². The van der Waals surface area contributed by atoms with Gasteiger partial charge in [0.05, 0.1) is 6.54 Å². The molecule has 0 unspecified atom stereocenters. The van der Waals surface area contributed by atoms with Crippen LogP contribution in [0.1, 0.15) is 51.9 Å². The van der Waals surface area contributed by atoms with Crippen molar-refractivity contribution in [2.75, 3.05) is 6.54 Å². The fourth-order valence-electron chi connectivity index (χ4n) is 1.07. The molecule has 0 amide bonds. The predicted molar refractivity (Wildman–Crippen MR) is 45.7 cm³/mol. The highest BCUT2D eigenvalue weighted by Gasteiger charge is 1.88. The van der Waals surface area contributed by atoms with Crippen LogP contribution in [0, 0.1) is 0 Å². The first kappa shape index (κ1) is 5.59. The molecule has 1 nitrogen and oxygen atoms in total. The molecule has 0 saturated heterocycles. The van der Waals surface area contributed by atoms with Crippen molar-refractivity contribution in [3.8, 4) is 0 Å². The molecule has 0 aromatic heterocycles. The molecule has 0 radical (unpaired) electrons. The van der Waals surface area contributed by atoms with E-state index in [4.69, 9.17) is 4.24 Å². The van der Waals surface area contributed by atoms with Gasteiger partial charge in [-0.05, 0) is 12.8 Å². The number of hydrogen-bond acceptors (Lipinski definition) is 0. The van der Waals surface area contributed by atoms with Crippen LogP contribution in [0.2, 0.25) is 4.24 Å². The molecule has 0 bridgehead atoms. The second-order valence-electron chi connectivity index (χ2n) is 2.84.